The Morgan fingerprint density at radius 3 is 2.67 bits per heavy atom. The number of likely N-dealkylation sites (N-methyl/N-ethyl adjacent to an activating group) is 1. The molecule has 0 saturated carbocycles. The van der Waals surface area contributed by atoms with Gasteiger partial charge in [-0.05, 0) is 18.4 Å². The van der Waals surface area contributed by atoms with E-state index >= 15 is 0 Å². The van der Waals surface area contributed by atoms with Crippen LogP contribution in [0.15, 0.2) is 30.3 Å². The van der Waals surface area contributed by atoms with E-state index in [1.807, 2.05) is 30.3 Å². The minimum Gasteiger partial charge on any atom is -0.445 e. The SMILES string of the molecule is CCC(=O)ON1CCC[C@@H](N(C)C(=O)OCc2ccccc2)C1=O. The largest absolute Gasteiger partial charge is 0.445 e. The molecule has 0 aliphatic carbocycles. The van der Waals surface area contributed by atoms with Gasteiger partial charge in [-0.15, -0.1) is 0 Å². The number of carbonyl (C=O) groups is 3. The first-order valence-electron chi connectivity index (χ1n) is 7.98. The van der Waals surface area contributed by atoms with E-state index in [0.717, 1.165) is 10.6 Å². The lowest BCUT2D eigenvalue weighted by Gasteiger charge is -2.34. The summed E-state index contributed by atoms with van der Waals surface area (Å²) in [6.07, 6.45) is 0.754. The van der Waals surface area contributed by atoms with Crippen molar-refractivity contribution in [3.63, 3.8) is 0 Å². The number of carbonyl (C=O) groups excluding carboxylic acids is 3. The fourth-order valence-corrected chi connectivity index (χ4v) is 2.41. The molecule has 7 nitrogen and oxygen atoms in total. The molecule has 1 heterocycles. The lowest BCUT2D eigenvalue weighted by atomic mass is 10.1. The number of ether oxygens (including phenoxy) is 1. The third-order valence-corrected chi connectivity index (χ3v) is 3.83. The molecule has 130 valence electrons. The van der Waals surface area contributed by atoms with Crippen LogP contribution in [0.2, 0.25) is 0 Å². The summed E-state index contributed by atoms with van der Waals surface area (Å²) >= 11 is 0. The van der Waals surface area contributed by atoms with Crippen LogP contribution in [0, 0.1) is 0 Å². The van der Waals surface area contributed by atoms with Crippen LogP contribution in [-0.2, 0) is 25.8 Å². The number of rotatable bonds is 5. The van der Waals surface area contributed by atoms with E-state index in [-0.39, 0.29) is 13.0 Å². The molecule has 7 heteroatoms. The average Bonchev–Trinajstić information content (AvgIpc) is 2.61. The molecule has 0 aromatic heterocycles. The summed E-state index contributed by atoms with van der Waals surface area (Å²) in [6, 6.07) is 8.61. The first kappa shape index (κ1) is 17.8. The molecule has 1 atom stereocenters. The second kappa shape index (κ2) is 8.33. The minimum atomic E-state index is -0.688. The Hall–Kier alpha value is -2.57. The van der Waals surface area contributed by atoms with Gasteiger partial charge >= 0.3 is 12.1 Å². The minimum absolute atomic E-state index is 0.138. The van der Waals surface area contributed by atoms with Gasteiger partial charge in [0.1, 0.15) is 12.6 Å². The highest BCUT2D eigenvalue weighted by Crippen LogP contribution is 2.18. The van der Waals surface area contributed by atoms with Crippen LogP contribution in [0.3, 0.4) is 0 Å². The molecule has 0 bridgehead atoms. The van der Waals surface area contributed by atoms with E-state index in [9.17, 15) is 14.4 Å². The number of hydrogen-bond acceptors (Lipinski definition) is 5. The molecule has 0 N–H and O–H groups in total. The predicted octanol–water partition coefficient (Wildman–Crippen LogP) is 2.11. The van der Waals surface area contributed by atoms with Crippen LogP contribution in [-0.4, -0.2) is 47.6 Å². The number of hydrogen-bond donors (Lipinski definition) is 0. The van der Waals surface area contributed by atoms with Gasteiger partial charge in [-0.25, -0.2) is 9.59 Å². The zero-order valence-electron chi connectivity index (χ0n) is 13.9. The van der Waals surface area contributed by atoms with Crippen LogP contribution in [0.1, 0.15) is 31.7 Å². The maximum Gasteiger partial charge on any atom is 0.410 e. The Balaban J connectivity index is 1.92. The number of piperidine rings is 1. The van der Waals surface area contributed by atoms with Gasteiger partial charge in [-0.3, -0.25) is 9.69 Å². The van der Waals surface area contributed by atoms with Gasteiger partial charge in [0, 0.05) is 13.5 Å². The predicted molar refractivity (Wildman–Crippen MR) is 85.5 cm³/mol. The third-order valence-electron chi connectivity index (χ3n) is 3.83. The van der Waals surface area contributed by atoms with Crippen molar-refractivity contribution in [2.45, 2.75) is 38.8 Å². The molecular formula is C17H22N2O5. The van der Waals surface area contributed by atoms with Crippen molar-refractivity contribution in [3.05, 3.63) is 35.9 Å². The van der Waals surface area contributed by atoms with Crippen LogP contribution < -0.4 is 0 Å². The highest BCUT2D eigenvalue weighted by atomic mass is 16.7. The standard InChI is InChI=1S/C17H22N2O5/c1-3-15(20)24-19-11-7-10-14(16(19)21)18(2)17(22)23-12-13-8-5-4-6-9-13/h4-6,8-9,14H,3,7,10-12H2,1-2H3/t14-/m1/s1. The monoisotopic (exact) mass is 334 g/mol. The number of amides is 2. The van der Waals surface area contributed by atoms with Gasteiger partial charge in [0.05, 0.1) is 6.54 Å². The van der Waals surface area contributed by atoms with Crippen molar-refractivity contribution >= 4 is 18.0 Å². The zero-order chi connectivity index (χ0) is 17.5. The van der Waals surface area contributed by atoms with Gasteiger partial charge in [-0.2, -0.15) is 5.06 Å². The Morgan fingerprint density at radius 2 is 2.00 bits per heavy atom. The Kier molecular flexibility index (Phi) is 6.17. The van der Waals surface area contributed by atoms with E-state index in [2.05, 4.69) is 0 Å². The molecule has 1 aliphatic heterocycles. The fourth-order valence-electron chi connectivity index (χ4n) is 2.41. The van der Waals surface area contributed by atoms with Crippen LogP contribution in [0.25, 0.3) is 0 Å². The van der Waals surface area contributed by atoms with Crippen LogP contribution >= 0.6 is 0 Å². The number of nitrogens with zero attached hydrogens (tertiary/aromatic N) is 2. The molecule has 24 heavy (non-hydrogen) atoms. The van der Waals surface area contributed by atoms with Gasteiger partial charge in [0.15, 0.2) is 0 Å². The normalized spacial score (nSPS) is 17.3. The molecule has 2 amide bonds. The first-order chi connectivity index (χ1) is 11.5. The molecule has 1 saturated heterocycles. The maximum atomic E-state index is 12.4. The lowest BCUT2D eigenvalue weighted by Crippen LogP contribution is -2.53. The molecule has 0 radical (unpaired) electrons. The zero-order valence-corrected chi connectivity index (χ0v) is 13.9. The van der Waals surface area contributed by atoms with Crippen LogP contribution in [0.5, 0.6) is 0 Å². The third kappa shape index (κ3) is 4.47. The average molecular weight is 334 g/mol. The summed E-state index contributed by atoms with van der Waals surface area (Å²) in [7, 11) is 1.51. The topological polar surface area (TPSA) is 76.2 Å². The molecule has 2 rings (SSSR count). The van der Waals surface area contributed by atoms with E-state index in [1.165, 1.54) is 11.9 Å². The highest BCUT2D eigenvalue weighted by molar-refractivity contribution is 5.86. The summed E-state index contributed by atoms with van der Waals surface area (Å²) in [5.41, 5.74) is 0.868. The van der Waals surface area contributed by atoms with Gasteiger partial charge in [-0.1, -0.05) is 37.3 Å². The van der Waals surface area contributed by atoms with E-state index in [0.29, 0.717) is 19.4 Å². The summed E-state index contributed by atoms with van der Waals surface area (Å²) in [4.78, 5) is 42.2. The molecule has 0 unspecified atom stereocenters. The second-order valence-electron chi connectivity index (χ2n) is 5.57. The quantitative estimate of drug-likeness (QED) is 0.824. The Labute approximate surface area is 141 Å². The van der Waals surface area contributed by atoms with Crippen LogP contribution in [0.4, 0.5) is 4.79 Å². The summed E-state index contributed by atoms with van der Waals surface area (Å²) in [6.45, 7) is 2.13. The molecule has 0 spiro atoms. The van der Waals surface area contributed by atoms with Gasteiger partial charge in [0.25, 0.3) is 5.91 Å². The van der Waals surface area contributed by atoms with Crippen molar-refractivity contribution in [2.75, 3.05) is 13.6 Å². The highest BCUT2D eigenvalue weighted by Gasteiger charge is 2.36. The van der Waals surface area contributed by atoms with Crippen molar-refractivity contribution in [1.29, 1.82) is 0 Å². The van der Waals surface area contributed by atoms with Crippen molar-refractivity contribution < 1.29 is 24.0 Å². The summed E-state index contributed by atoms with van der Waals surface area (Å²) in [5.74, 6) is -0.875. The van der Waals surface area contributed by atoms with Gasteiger partial charge in [0.2, 0.25) is 0 Å². The number of benzene rings is 1. The summed E-state index contributed by atoms with van der Waals surface area (Å²) in [5, 5.41) is 1.04. The summed E-state index contributed by atoms with van der Waals surface area (Å²) < 4.78 is 5.24. The Morgan fingerprint density at radius 1 is 1.29 bits per heavy atom. The van der Waals surface area contributed by atoms with E-state index in [1.54, 1.807) is 6.92 Å². The number of hydroxylamine groups is 2. The smallest absolute Gasteiger partial charge is 0.410 e. The molecule has 1 aromatic carbocycles. The molecule has 1 fully saturated rings. The second-order valence-corrected chi connectivity index (χ2v) is 5.57. The fraction of sp³-hybridized carbons (Fsp3) is 0.471. The molecule has 1 aliphatic rings. The maximum absolute atomic E-state index is 12.4. The lowest BCUT2D eigenvalue weighted by molar-refractivity contribution is -0.204. The first-order valence-corrected chi connectivity index (χ1v) is 7.98. The molecular weight excluding hydrogens is 312 g/mol. The van der Waals surface area contributed by atoms with E-state index in [4.69, 9.17) is 9.57 Å². The van der Waals surface area contributed by atoms with E-state index < -0.39 is 24.0 Å². The van der Waals surface area contributed by atoms with Crippen molar-refractivity contribution in [3.8, 4) is 0 Å². The molecule has 1 aromatic rings. The van der Waals surface area contributed by atoms with Crippen molar-refractivity contribution in [1.82, 2.24) is 9.96 Å². The Bertz CT molecular complexity index is 590. The van der Waals surface area contributed by atoms with Crippen molar-refractivity contribution in [2.24, 2.45) is 0 Å². The van der Waals surface area contributed by atoms with Gasteiger partial charge < -0.3 is 9.57 Å².